The number of hydrogen-bond acceptors (Lipinski definition) is 5. The van der Waals surface area contributed by atoms with E-state index >= 15 is 0 Å². The van der Waals surface area contributed by atoms with Crippen LogP contribution in [0.3, 0.4) is 0 Å². The number of nitrogens with zero attached hydrogens (tertiary/aromatic N) is 3. The van der Waals surface area contributed by atoms with Crippen molar-refractivity contribution < 1.29 is 4.74 Å². The second-order valence-corrected chi connectivity index (χ2v) is 9.41. The maximum absolute atomic E-state index is 5.52. The fourth-order valence-electron chi connectivity index (χ4n) is 5.23. The van der Waals surface area contributed by atoms with Crippen LogP contribution in [0.15, 0.2) is 30.3 Å². The Bertz CT molecular complexity index is 669. The molecule has 4 aliphatic heterocycles. The van der Waals surface area contributed by atoms with Gasteiger partial charge in [-0.05, 0) is 55.6 Å². The van der Waals surface area contributed by atoms with Crippen LogP contribution < -0.4 is 15.5 Å². The monoisotopic (exact) mass is 431 g/mol. The minimum atomic E-state index is 0.612. The summed E-state index contributed by atoms with van der Waals surface area (Å²) >= 11 is 5.52. The molecule has 4 saturated heterocycles. The highest BCUT2D eigenvalue weighted by molar-refractivity contribution is 7.80. The van der Waals surface area contributed by atoms with Gasteiger partial charge >= 0.3 is 0 Å². The van der Waals surface area contributed by atoms with Crippen molar-refractivity contribution >= 4 is 23.0 Å². The van der Waals surface area contributed by atoms with Gasteiger partial charge in [-0.1, -0.05) is 18.2 Å². The lowest BCUT2D eigenvalue weighted by Gasteiger charge is -2.51. The summed E-state index contributed by atoms with van der Waals surface area (Å²) in [5, 5.41) is 7.66. The van der Waals surface area contributed by atoms with E-state index in [0.717, 1.165) is 69.4 Å². The number of ether oxygens (including phenoxy) is 1. The van der Waals surface area contributed by atoms with Gasteiger partial charge in [0, 0.05) is 64.6 Å². The van der Waals surface area contributed by atoms with E-state index < -0.39 is 0 Å². The molecule has 0 saturated carbocycles. The first kappa shape index (κ1) is 21.8. The van der Waals surface area contributed by atoms with Crippen LogP contribution in [0.25, 0.3) is 0 Å². The lowest BCUT2D eigenvalue weighted by molar-refractivity contribution is 0.00659. The lowest BCUT2D eigenvalue weighted by Crippen LogP contribution is -2.58. The number of rotatable bonds is 8. The van der Waals surface area contributed by atoms with Gasteiger partial charge in [-0.2, -0.15) is 0 Å². The molecule has 0 spiro atoms. The normalized spacial score (nSPS) is 28.8. The molecular formula is C23H37N5OS. The summed E-state index contributed by atoms with van der Waals surface area (Å²) in [5.41, 5.74) is 1.32. The van der Waals surface area contributed by atoms with E-state index in [0.29, 0.717) is 6.04 Å². The van der Waals surface area contributed by atoms with Crippen molar-refractivity contribution in [2.45, 2.75) is 18.9 Å². The highest BCUT2D eigenvalue weighted by Gasteiger charge is 2.40. The van der Waals surface area contributed by atoms with Crippen molar-refractivity contribution in [1.29, 1.82) is 0 Å². The molecular weight excluding hydrogens is 394 g/mol. The Morgan fingerprint density at radius 2 is 1.97 bits per heavy atom. The van der Waals surface area contributed by atoms with Crippen molar-refractivity contribution in [3.8, 4) is 0 Å². The highest BCUT2D eigenvalue weighted by atomic mass is 32.1. The largest absolute Gasteiger partial charge is 0.379 e. The number of fused-ring (bicyclic) bond motifs is 3. The Morgan fingerprint density at radius 1 is 1.17 bits per heavy atom. The molecule has 4 heterocycles. The van der Waals surface area contributed by atoms with Gasteiger partial charge in [0.15, 0.2) is 5.11 Å². The van der Waals surface area contributed by atoms with Crippen molar-refractivity contribution in [2.75, 3.05) is 77.5 Å². The molecule has 1 aromatic carbocycles. The van der Waals surface area contributed by atoms with Crippen LogP contribution in [0, 0.1) is 11.8 Å². The molecule has 6 nitrogen and oxygen atoms in total. The molecule has 4 aliphatic rings. The Labute approximate surface area is 186 Å². The second kappa shape index (κ2) is 10.8. The summed E-state index contributed by atoms with van der Waals surface area (Å²) in [7, 11) is 2.23. The summed E-state index contributed by atoms with van der Waals surface area (Å²) in [6.07, 6.45) is 2.63. The summed E-state index contributed by atoms with van der Waals surface area (Å²) < 4.78 is 5.40. The minimum Gasteiger partial charge on any atom is -0.379 e. The molecule has 0 aliphatic carbocycles. The SMILES string of the molecule is CN(CC1CN2CCC1CC2CNC(=S)NCCN1CCOCC1)c1ccccc1. The van der Waals surface area contributed by atoms with Gasteiger partial charge < -0.3 is 20.3 Å². The molecule has 166 valence electrons. The van der Waals surface area contributed by atoms with E-state index in [1.54, 1.807) is 0 Å². The maximum atomic E-state index is 5.52. The van der Waals surface area contributed by atoms with E-state index in [1.165, 1.54) is 31.6 Å². The summed E-state index contributed by atoms with van der Waals surface area (Å²) in [6.45, 7) is 10.2. The molecule has 5 rings (SSSR count). The fourth-order valence-corrected chi connectivity index (χ4v) is 5.42. The van der Waals surface area contributed by atoms with Crippen LogP contribution in [0.4, 0.5) is 5.69 Å². The van der Waals surface area contributed by atoms with Gasteiger partial charge in [-0.15, -0.1) is 0 Å². The number of benzene rings is 1. The second-order valence-electron chi connectivity index (χ2n) is 9.00. The molecule has 1 aromatic rings. The maximum Gasteiger partial charge on any atom is 0.166 e. The number of hydrogen-bond donors (Lipinski definition) is 2. The van der Waals surface area contributed by atoms with E-state index in [1.807, 2.05) is 0 Å². The zero-order chi connectivity index (χ0) is 20.8. The summed E-state index contributed by atoms with van der Waals surface area (Å²) in [5.74, 6) is 1.59. The average Bonchev–Trinajstić information content (AvgIpc) is 2.79. The third-order valence-corrected chi connectivity index (χ3v) is 7.32. The molecule has 2 bridgehead atoms. The predicted molar refractivity (Wildman–Crippen MR) is 127 cm³/mol. The van der Waals surface area contributed by atoms with E-state index in [9.17, 15) is 0 Å². The number of nitrogens with one attached hydrogen (secondary N) is 2. The zero-order valence-corrected chi connectivity index (χ0v) is 19.1. The Morgan fingerprint density at radius 3 is 2.70 bits per heavy atom. The third kappa shape index (κ3) is 5.84. The Hall–Kier alpha value is -1.41. The molecule has 0 amide bonds. The summed E-state index contributed by atoms with van der Waals surface area (Å²) in [4.78, 5) is 7.54. The van der Waals surface area contributed by atoms with Crippen LogP contribution >= 0.6 is 12.2 Å². The van der Waals surface area contributed by atoms with Gasteiger partial charge in [-0.3, -0.25) is 9.80 Å². The molecule has 30 heavy (non-hydrogen) atoms. The fraction of sp³-hybridized carbons (Fsp3) is 0.696. The van der Waals surface area contributed by atoms with Crippen LogP contribution in [0.2, 0.25) is 0 Å². The van der Waals surface area contributed by atoms with Gasteiger partial charge in [0.1, 0.15) is 0 Å². The highest BCUT2D eigenvalue weighted by Crippen LogP contribution is 2.36. The van der Waals surface area contributed by atoms with Crippen molar-refractivity contribution in [1.82, 2.24) is 20.4 Å². The number of para-hydroxylation sites is 1. The van der Waals surface area contributed by atoms with E-state index in [4.69, 9.17) is 17.0 Å². The first-order chi connectivity index (χ1) is 14.7. The van der Waals surface area contributed by atoms with Gasteiger partial charge in [0.25, 0.3) is 0 Å². The Kier molecular flexibility index (Phi) is 7.82. The molecule has 0 radical (unpaired) electrons. The van der Waals surface area contributed by atoms with Crippen LogP contribution in [-0.2, 0) is 4.74 Å². The minimum absolute atomic E-state index is 0.612. The van der Waals surface area contributed by atoms with Gasteiger partial charge in [0.05, 0.1) is 13.2 Å². The van der Waals surface area contributed by atoms with Crippen LogP contribution in [0.1, 0.15) is 12.8 Å². The van der Waals surface area contributed by atoms with Crippen LogP contribution in [0.5, 0.6) is 0 Å². The van der Waals surface area contributed by atoms with Gasteiger partial charge in [0.2, 0.25) is 0 Å². The molecule has 2 N–H and O–H groups in total. The van der Waals surface area contributed by atoms with E-state index in [-0.39, 0.29) is 0 Å². The van der Waals surface area contributed by atoms with Crippen molar-refractivity contribution in [3.63, 3.8) is 0 Å². The average molecular weight is 432 g/mol. The van der Waals surface area contributed by atoms with Crippen molar-refractivity contribution in [3.05, 3.63) is 30.3 Å². The number of thiocarbonyl (C=S) groups is 1. The topological polar surface area (TPSA) is 43.0 Å². The molecule has 4 atom stereocenters. The summed E-state index contributed by atoms with van der Waals surface area (Å²) in [6, 6.07) is 11.4. The number of morpholine rings is 1. The molecule has 4 fully saturated rings. The standard InChI is InChI=1S/C23H37N5OS/c1-26(21-5-3-2-4-6-21)17-20-18-28-9-7-19(20)15-22(28)16-25-23(30)24-8-10-27-11-13-29-14-12-27/h2-6,19-20,22H,7-18H2,1H3,(H2,24,25,30). The number of anilines is 1. The molecule has 4 unspecified atom stereocenters. The third-order valence-electron chi connectivity index (χ3n) is 7.03. The Balaban J connectivity index is 1.16. The lowest BCUT2D eigenvalue weighted by atomic mass is 9.75. The molecule has 7 heteroatoms. The zero-order valence-electron chi connectivity index (χ0n) is 18.3. The predicted octanol–water partition coefficient (Wildman–Crippen LogP) is 1.63. The molecule has 0 aromatic heterocycles. The first-order valence-corrected chi connectivity index (χ1v) is 11.9. The smallest absolute Gasteiger partial charge is 0.166 e. The van der Waals surface area contributed by atoms with Crippen LogP contribution in [-0.4, -0.2) is 93.6 Å². The van der Waals surface area contributed by atoms with Crippen molar-refractivity contribution in [2.24, 2.45) is 11.8 Å². The number of piperidine rings is 3. The van der Waals surface area contributed by atoms with Gasteiger partial charge in [-0.25, -0.2) is 0 Å². The van der Waals surface area contributed by atoms with E-state index in [2.05, 4.69) is 62.7 Å². The quantitative estimate of drug-likeness (QED) is 0.607. The first-order valence-electron chi connectivity index (χ1n) is 11.5.